The Kier molecular flexibility index (Phi) is 7.41. The number of hydrogen-bond donors (Lipinski definition) is 0. The van der Waals surface area contributed by atoms with Crippen LogP contribution >= 0.6 is 0 Å². The van der Waals surface area contributed by atoms with Gasteiger partial charge in [-0.05, 0) is 43.4 Å². The summed E-state index contributed by atoms with van der Waals surface area (Å²) >= 11 is 0. The molecule has 1 heterocycles. The van der Waals surface area contributed by atoms with E-state index in [9.17, 15) is 19.2 Å². The summed E-state index contributed by atoms with van der Waals surface area (Å²) in [6.45, 7) is 13.8. The van der Waals surface area contributed by atoms with Crippen molar-refractivity contribution in [2.75, 3.05) is 0 Å². The molecule has 1 aliphatic heterocycles. The first-order valence-electron chi connectivity index (χ1n) is 11.9. The van der Waals surface area contributed by atoms with Crippen LogP contribution in [0.3, 0.4) is 0 Å². The van der Waals surface area contributed by atoms with Gasteiger partial charge in [0.25, 0.3) is 0 Å². The Morgan fingerprint density at radius 1 is 1.06 bits per heavy atom. The number of carbonyl (C=O) groups is 4. The fraction of sp³-hybridized carbons (Fsp3) is 0.692. The number of ketones is 1. The van der Waals surface area contributed by atoms with Crippen LogP contribution in [0.4, 0.5) is 0 Å². The van der Waals surface area contributed by atoms with Crippen LogP contribution in [0.25, 0.3) is 0 Å². The molecule has 3 fully saturated rings. The lowest BCUT2D eigenvalue weighted by molar-refractivity contribution is -0.231. The monoisotopic (exact) mass is 476 g/mol. The van der Waals surface area contributed by atoms with Crippen LogP contribution in [0.15, 0.2) is 24.3 Å². The third-order valence-corrected chi connectivity index (χ3v) is 8.15. The molecule has 3 aliphatic rings. The average Bonchev–Trinajstić information content (AvgIpc) is 3.02. The molecule has 0 N–H and O–H groups in total. The van der Waals surface area contributed by atoms with E-state index < -0.39 is 53.3 Å². The van der Waals surface area contributed by atoms with E-state index in [1.165, 1.54) is 20.8 Å². The van der Waals surface area contributed by atoms with Crippen LogP contribution in [-0.4, -0.2) is 42.4 Å². The second-order valence-corrected chi connectivity index (χ2v) is 10.2. The first-order valence-corrected chi connectivity index (χ1v) is 11.9. The minimum atomic E-state index is -1.21. The van der Waals surface area contributed by atoms with Gasteiger partial charge in [-0.25, -0.2) is 0 Å². The van der Waals surface area contributed by atoms with Gasteiger partial charge < -0.3 is 18.9 Å². The number of ether oxygens (including phenoxy) is 4. The quantitative estimate of drug-likeness (QED) is 0.323. The lowest BCUT2D eigenvalue weighted by atomic mass is 9.43. The Labute approximate surface area is 201 Å². The first-order chi connectivity index (χ1) is 15.9. The van der Waals surface area contributed by atoms with Crippen LogP contribution in [0.2, 0.25) is 0 Å². The van der Waals surface area contributed by atoms with Crippen molar-refractivity contribution in [1.29, 1.82) is 0 Å². The molecule has 1 saturated heterocycles. The van der Waals surface area contributed by atoms with Gasteiger partial charge in [-0.15, -0.1) is 0 Å². The van der Waals surface area contributed by atoms with Gasteiger partial charge in [-0.1, -0.05) is 38.2 Å². The standard InChI is InChI=1S/C26H36O8/c1-8-14(2)9-10-25(7)15(3)11-22(30)26-20(12-19(13-21(25)26)31-16(4)27)23(32-17(5)28)34-24(26)33-18(6)29/h8-9,15,19-21,23-24H,1,10-13H2,2-7H3/b14-9-/t15-,19-,20+,21+,23+,24-,25-,26-/m0/s1. The molecule has 0 aromatic rings. The van der Waals surface area contributed by atoms with Crippen molar-refractivity contribution in [1.82, 2.24) is 0 Å². The van der Waals surface area contributed by atoms with Gasteiger partial charge in [-0.3, -0.25) is 19.2 Å². The van der Waals surface area contributed by atoms with Crippen LogP contribution < -0.4 is 0 Å². The number of allylic oxidation sites excluding steroid dienone is 3. The van der Waals surface area contributed by atoms with E-state index in [2.05, 4.69) is 19.6 Å². The second kappa shape index (κ2) is 9.64. The Morgan fingerprint density at radius 3 is 2.24 bits per heavy atom. The van der Waals surface area contributed by atoms with E-state index in [1.807, 2.05) is 13.8 Å². The van der Waals surface area contributed by atoms with Crippen molar-refractivity contribution >= 4 is 23.7 Å². The summed E-state index contributed by atoms with van der Waals surface area (Å²) < 4.78 is 22.7. The fourth-order valence-electron chi connectivity index (χ4n) is 6.36. The Balaban J connectivity index is 2.19. The van der Waals surface area contributed by atoms with Gasteiger partial charge in [0.2, 0.25) is 12.6 Å². The third kappa shape index (κ3) is 4.44. The zero-order valence-corrected chi connectivity index (χ0v) is 20.9. The summed E-state index contributed by atoms with van der Waals surface area (Å²) in [4.78, 5) is 49.8. The maximum absolute atomic E-state index is 13.9. The lowest BCUT2D eigenvalue weighted by Crippen LogP contribution is -2.64. The zero-order valence-electron chi connectivity index (χ0n) is 20.9. The van der Waals surface area contributed by atoms with Gasteiger partial charge >= 0.3 is 17.9 Å². The highest BCUT2D eigenvalue weighted by Gasteiger charge is 2.74. The first kappa shape index (κ1) is 26.1. The summed E-state index contributed by atoms with van der Waals surface area (Å²) in [7, 11) is 0. The van der Waals surface area contributed by atoms with Crippen LogP contribution in [0, 0.1) is 28.6 Å². The highest BCUT2D eigenvalue weighted by molar-refractivity contribution is 5.88. The van der Waals surface area contributed by atoms with Gasteiger partial charge in [0.15, 0.2) is 0 Å². The van der Waals surface area contributed by atoms with E-state index in [4.69, 9.17) is 18.9 Å². The molecule has 2 saturated carbocycles. The maximum atomic E-state index is 13.9. The number of Topliss-reactive ketones (excluding diaryl/α,β-unsaturated/α-hetero) is 1. The Hall–Kier alpha value is -2.48. The van der Waals surface area contributed by atoms with Crippen molar-refractivity contribution in [2.45, 2.75) is 85.9 Å². The molecular formula is C26H36O8. The molecule has 34 heavy (non-hydrogen) atoms. The predicted molar refractivity (Wildman–Crippen MR) is 122 cm³/mol. The molecule has 0 unspecified atom stereocenters. The second-order valence-electron chi connectivity index (χ2n) is 10.2. The highest BCUT2D eigenvalue weighted by atomic mass is 16.8. The molecular weight excluding hydrogens is 440 g/mol. The molecule has 0 amide bonds. The largest absolute Gasteiger partial charge is 0.463 e. The van der Waals surface area contributed by atoms with Crippen LogP contribution in [-0.2, 0) is 38.1 Å². The van der Waals surface area contributed by atoms with E-state index in [0.29, 0.717) is 12.8 Å². The molecule has 2 aliphatic carbocycles. The van der Waals surface area contributed by atoms with Crippen LogP contribution in [0.1, 0.15) is 67.2 Å². The van der Waals surface area contributed by atoms with Gasteiger partial charge in [0.05, 0.1) is 0 Å². The van der Waals surface area contributed by atoms with Gasteiger partial charge in [0, 0.05) is 33.1 Å². The SMILES string of the molecule is C=C/C(C)=C\C[C@]1(C)[C@H]2C[C@@H](OC(C)=O)C[C@@H]3[C@H](OC(C)=O)O[C@H](OC(C)=O)[C@@]32C(=O)C[C@@H]1C. The highest BCUT2D eigenvalue weighted by Crippen LogP contribution is 2.67. The summed E-state index contributed by atoms with van der Waals surface area (Å²) in [6, 6.07) is 0. The molecule has 188 valence electrons. The number of carbonyl (C=O) groups excluding carboxylic acids is 4. The van der Waals surface area contributed by atoms with E-state index in [-0.39, 0.29) is 30.5 Å². The summed E-state index contributed by atoms with van der Waals surface area (Å²) in [5, 5.41) is 0. The van der Waals surface area contributed by atoms with Crippen molar-refractivity contribution in [3.63, 3.8) is 0 Å². The minimum absolute atomic E-state index is 0.00646. The Bertz CT molecular complexity index is 906. The molecule has 0 radical (unpaired) electrons. The fourth-order valence-corrected chi connectivity index (χ4v) is 6.36. The molecule has 3 rings (SSSR count). The molecule has 0 aromatic carbocycles. The summed E-state index contributed by atoms with van der Waals surface area (Å²) in [5.41, 5.74) is -0.609. The summed E-state index contributed by atoms with van der Waals surface area (Å²) in [5.74, 6) is -2.61. The number of rotatable bonds is 6. The van der Waals surface area contributed by atoms with Gasteiger partial charge in [-0.2, -0.15) is 0 Å². The maximum Gasteiger partial charge on any atom is 0.304 e. The predicted octanol–water partition coefficient (Wildman–Crippen LogP) is 3.88. The minimum Gasteiger partial charge on any atom is -0.463 e. The van der Waals surface area contributed by atoms with Crippen LogP contribution in [0.5, 0.6) is 0 Å². The molecule has 8 atom stereocenters. The number of esters is 3. The van der Waals surface area contributed by atoms with Crippen molar-refractivity contribution in [3.05, 3.63) is 24.3 Å². The normalized spacial score (nSPS) is 39.5. The molecule has 1 spiro atoms. The third-order valence-electron chi connectivity index (χ3n) is 8.15. The zero-order chi connectivity index (χ0) is 25.4. The van der Waals surface area contributed by atoms with Crippen molar-refractivity contribution in [2.24, 2.45) is 28.6 Å². The molecule has 0 aromatic heterocycles. The summed E-state index contributed by atoms with van der Waals surface area (Å²) in [6.07, 6.45) is 2.72. The van der Waals surface area contributed by atoms with Crippen molar-refractivity contribution in [3.8, 4) is 0 Å². The van der Waals surface area contributed by atoms with E-state index in [1.54, 1.807) is 6.08 Å². The van der Waals surface area contributed by atoms with Gasteiger partial charge in [0.1, 0.15) is 17.3 Å². The van der Waals surface area contributed by atoms with Crippen molar-refractivity contribution < 1.29 is 38.1 Å². The average molecular weight is 477 g/mol. The topological polar surface area (TPSA) is 105 Å². The number of hydrogen-bond acceptors (Lipinski definition) is 8. The molecule has 0 bridgehead atoms. The van der Waals surface area contributed by atoms with E-state index >= 15 is 0 Å². The molecule has 8 heteroatoms. The molecule has 8 nitrogen and oxygen atoms in total. The Morgan fingerprint density at radius 2 is 1.68 bits per heavy atom. The lowest BCUT2D eigenvalue weighted by Gasteiger charge is -2.59. The smallest absolute Gasteiger partial charge is 0.304 e. The van der Waals surface area contributed by atoms with E-state index in [0.717, 1.165) is 5.57 Å².